The van der Waals surface area contributed by atoms with Crippen molar-refractivity contribution in [3.63, 3.8) is 0 Å². The topological polar surface area (TPSA) is 53.1 Å². The average molecular weight is 233 g/mol. The van der Waals surface area contributed by atoms with Crippen LogP contribution < -0.4 is 10.5 Å². The number of rotatable bonds is 1. The molecule has 0 fully saturated rings. The zero-order valence-electron chi connectivity index (χ0n) is 9.40. The predicted molar refractivity (Wildman–Crippen MR) is 62.2 cm³/mol. The van der Waals surface area contributed by atoms with E-state index in [9.17, 15) is 4.39 Å². The average Bonchev–Trinajstić information content (AvgIpc) is 2.90. The second-order valence-electron chi connectivity index (χ2n) is 4.07. The van der Waals surface area contributed by atoms with E-state index in [1.165, 1.54) is 4.68 Å². The van der Waals surface area contributed by atoms with Crippen molar-refractivity contribution in [2.24, 2.45) is 7.05 Å². The molecule has 2 heterocycles. The van der Waals surface area contributed by atoms with Gasteiger partial charge in [0.15, 0.2) is 0 Å². The fourth-order valence-electron chi connectivity index (χ4n) is 2.10. The molecule has 0 unspecified atom stereocenters. The lowest BCUT2D eigenvalue weighted by Crippen LogP contribution is -1.99. The Morgan fingerprint density at radius 1 is 1.41 bits per heavy atom. The number of nitrogen functional groups attached to an aromatic ring is 1. The highest BCUT2D eigenvalue weighted by molar-refractivity contribution is 5.75. The Morgan fingerprint density at radius 3 is 2.94 bits per heavy atom. The molecule has 0 atom stereocenters. The monoisotopic (exact) mass is 233 g/mol. The molecule has 1 aromatic heterocycles. The van der Waals surface area contributed by atoms with Crippen molar-refractivity contribution < 1.29 is 9.13 Å². The van der Waals surface area contributed by atoms with Crippen molar-refractivity contribution >= 4 is 5.82 Å². The molecule has 0 radical (unpaired) electrons. The second-order valence-corrected chi connectivity index (χ2v) is 4.07. The van der Waals surface area contributed by atoms with Crippen LogP contribution >= 0.6 is 0 Å². The Hall–Kier alpha value is -2.04. The minimum absolute atomic E-state index is 0.250. The van der Waals surface area contributed by atoms with E-state index in [2.05, 4.69) is 5.10 Å². The molecule has 0 saturated heterocycles. The van der Waals surface area contributed by atoms with Crippen molar-refractivity contribution in [3.05, 3.63) is 29.7 Å². The van der Waals surface area contributed by atoms with Gasteiger partial charge < -0.3 is 10.5 Å². The molecule has 1 aliphatic rings. The van der Waals surface area contributed by atoms with Crippen LogP contribution in [0.15, 0.2) is 18.3 Å². The number of fused-ring (bicyclic) bond motifs is 1. The van der Waals surface area contributed by atoms with Crippen molar-refractivity contribution in [1.82, 2.24) is 9.78 Å². The maximum absolute atomic E-state index is 14.3. The molecule has 2 N–H and O–H groups in total. The summed E-state index contributed by atoms with van der Waals surface area (Å²) in [4.78, 5) is 0. The molecule has 2 aromatic rings. The Kier molecular flexibility index (Phi) is 2.07. The first kappa shape index (κ1) is 10.1. The molecule has 17 heavy (non-hydrogen) atoms. The first-order valence-electron chi connectivity index (χ1n) is 5.40. The lowest BCUT2D eigenvalue weighted by Gasteiger charge is -2.06. The molecule has 0 saturated carbocycles. The molecule has 0 amide bonds. The summed E-state index contributed by atoms with van der Waals surface area (Å²) in [6.45, 7) is 0.540. The van der Waals surface area contributed by atoms with E-state index in [4.69, 9.17) is 10.5 Å². The maximum Gasteiger partial charge on any atom is 0.138 e. The molecule has 3 rings (SSSR count). The lowest BCUT2D eigenvalue weighted by atomic mass is 10.0. The molecule has 1 aliphatic heterocycles. The van der Waals surface area contributed by atoms with E-state index >= 15 is 0 Å². The highest BCUT2D eigenvalue weighted by Crippen LogP contribution is 2.35. The Labute approximate surface area is 97.8 Å². The molecule has 5 heteroatoms. The fraction of sp³-hybridized carbons (Fsp3) is 0.250. The van der Waals surface area contributed by atoms with Crippen molar-refractivity contribution in [2.75, 3.05) is 12.3 Å². The smallest absolute Gasteiger partial charge is 0.138 e. The van der Waals surface area contributed by atoms with Gasteiger partial charge in [0.1, 0.15) is 17.4 Å². The van der Waals surface area contributed by atoms with Gasteiger partial charge in [-0.25, -0.2) is 4.39 Å². The highest BCUT2D eigenvalue weighted by Gasteiger charge is 2.21. The fourth-order valence-corrected chi connectivity index (χ4v) is 2.10. The minimum Gasteiger partial charge on any atom is -0.493 e. The van der Waals surface area contributed by atoms with Gasteiger partial charge in [-0.15, -0.1) is 0 Å². The highest BCUT2D eigenvalue weighted by atomic mass is 19.1. The van der Waals surface area contributed by atoms with Crippen LogP contribution in [0.25, 0.3) is 11.1 Å². The van der Waals surface area contributed by atoms with Crippen LogP contribution in [0.4, 0.5) is 10.2 Å². The zero-order chi connectivity index (χ0) is 12.0. The third kappa shape index (κ3) is 1.39. The molecular formula is C12H12FN3O. The van der Waals surface area contributed by atoms with Crippen molar-refractivity contribution in [1.29, 1.82) is 0 Å². The number of benzene rings is 1. The molecule has 0 aliphatic carbocycles. The van der Waals surface area contributed by atoms with Gasteiger partial charge in [0.2, 0.25) is 0 Å². The first-order valence-corrected chi connectivity index (χ1v) is 5.40. The normalized spacial score (nSPS) is 13.5. The summed E-state index contributed by atoms with van der Waals surface area (Å²) in [6.07, 6.45) is 2.19. The van der Waals surface area contributed by atoms with Crippen LogP contribution in [0.1, 0.15) is 5.56 Å². The lowest BCUT2D eigenvalue weighted by molar-refractivity contribution is 0.357. The van der Waals surface area contributed by atoms with E-state index < -0.39 is 0 Å². The van der Waals surface area contributed by atoms with Crippen LogP contribution in [0.5, 0.6) is 5.75 Å². The van der Waals surface area contributed by atoms with Gasteiger partial charge in [0, 0.05) is 30.2 Å². The largest absolute Gasteiger partial charge is 0.493 e. The molecule has 4 nitrogen and oxygen atoms in total. The Morgan fingerprint density at radius 2 is 2.24 bits per heavy atom. The van der Waals surface area contributed by atoms with Gasteiger partial charge in [-0.1, -0.05) is 0 Å². The maximum atomic E-state index is 14.3. The molecule has 88 valence electrons. The summed E-state index contributed by atoms with van der Waals surface area (Å²) < 4.78 is 21.1. The van der Waals surface area contributed by atoms with E-state index in [0.29, 0.717) is 41.3 Å². The van der Waals surface area contributed by atoms with Gasteiger partial charge in [0.05, 0.1) is 12.8 Å². The zero-order valence-corrected chi connectivity index (χ0v) is 9.40. The summed E-state index contributed by atoms with van der Waals surface area (Å²) >= 11 is 0. The number of hydrogen-bond donors (Lipinski definition) is 1. The van der Waals surface area contributed by atoms with Crippen LogP contribution in [-0.2, 0) is 13.5 Å². The summed E-state index contributed by atoms with van der Waals surface area (Å²) in [5, 5.41) is 4.02. The number of aryl methyl sites for hydroxylation is 1. The molecule has 0 bridgehead atoms. The molecule has 0 spiro atoms. The number of nitrogens with two attached hydrogens (primary N) is 1. The third-order valence-corrected chi connectivity index (χ3v) is 3.08. The summed E-state index contributed by atoms with van der Waals surface area (Å²) in [5.41, 5.74) is 7.59. The van der Waals surface area contributed by atoms with Crippen LogP contribution in [0.3, 0.4) is 0 Å². The van der Waals surface area contributed by atoms with Gasteiger partial charge >= 0.3 is 0 Å². The predicted octanol–water partition coefficient (Wildman–Crippen LogP) is 1.74. The van der Waals surface area contributed by atoms with Crippen molar-refractivity contribution in [3.8, 4) is 16.9 Å². The quantitative estimate of drug-likeness (QED) is 0.816. The number of anilines is 1. The van der Waals surface area contributed by atoms with Gasteiger partial charge in [-0.3, -0.25) is 4.68 Å². The van der Waals surface area contributed by atoms with Crippen LogP contribution in [0, 0.1) is 5.82 Å². The van der Waals surface area contributed by atoms with Gasteiger partial charge in [0.25, 0.3) is 0 Å². The second kappa shape index (κ2) is 3.48. The standard InChI is InChI=1S/C12H12FN3O/c1-16-12(14)9(6-15-16)7-2-3-10-8(11(7)13)4-5-17-10/h2-3,6H,4-5,14H2,1H3. The number of aromatic nitrogens is 2. The summed E-state index contributed by atoms with van der Waals surface area (Å²) in [6, 6.07) is 3.47. The number of nitrogens with zero attached hydrogens (tertiary/aromatic N) is 2. The third-order valence-electron chi connectivity index (χ3n) is 3.08. The van der Waals surface area contributed by atoms with E-state index in [1.807, 2.05) is 0 Å². The van der Waals surface area contributed by atoms with Gasteiger partial charge in [-0.2, -0.15) is 5.10 Å². The number of ether oxygens (including phenoxy) is 1. The van der Waals surface area contributed by atoms with E-state index in [1.54, 1.807) is 25.4 Å². The van der Waals surface area contributed by atoms with Crippen LogP contribution in [-0.4, -0.2) is 16.4 Å². The minimum atomic E-state index is -0.250. The molecular weight excluding hydrogens is 221 g/mol. The van der Waals surface area contributed by atoms with Crippen LogP contribution in [0.2, 0.25) is 0 Å². The molecule has 1 aromatic carbocycles. The Bertz CT molecular complexity index is 592. The Balaban J connectivity index is 2.19. The summed E-state index contributed by atoms with van der Waals surface area (Å²) in [5.74, 6) is 0.844. The number of hydrogen-bond acceptors (Lipinski definition) is 3. The van der Waals surface area contributed by atoms with E-state index in [-0.39, 0.29) is 5.82 Å². The number of halogens is 1. The van der Waals surface area contributed by atoms with E-state index in [0.717, 1.165) is 0 Å². The summed E-state index contributed by atoms with van der Waals surface area (Å²) in [7, 11) is 1.73. The first-order chi connectivity index (χ1) is 8.18. The van der Waals surface area contributed by atoms with Gasteiger partial charge in [-0.05, 0) is 12.1 Å². The van der Waals surface area contributed by atoms with Crippen molar-refractivity contribution in [2.45, 2.75) is 6.42 Å². The SMILES string of the molecule is Cn1ncc(-c2ccc3c(c2F)CCO3)c1N.